The molecule has 176 valence electrons. The summed E-state index contributed by atoms with van der Waals surface area (Å²) in [5.74, 6) is 1.67. The number of hydrogen-bond acceptors (Lipinski definition) is 7. The second-order valence-electron chi connectivity index (χ2n) is 9.48. The standard InChI is InChI=1S/C24H30N6OS.CH3.Cs/c1-16(2)32-21-6-4-20(5-7-21)28-22-25-12-19(13-26-22)18-10-17(11-18)14-31-23-29-27-15-30(23)24(3)8-9-24;;/h4-7,12-13,15-18H,8-11,14H2,1-3H3,(H,25,26,28);1H3;/q;-1;+1. The van der Waals surface area contributed by atoms with Crippen LogP contribution < -0.4 is 78.9 Å². The van der Waals surface area contributed by atoms with E-state index in [1.165, 1.54) is 23.3 Å². The molecule has 7 nitrogen and oxygen atoms in total. The molecule has 0 unspecified atom stereocenters. The van der Waals surface area contributed by atoms with Crippen molar-refractivity contribution in [3.8, 4) is 6.01 Å². The Bertz CT molecular complexity index is 1050. The summed E-state index contributed by atoms with van der Waals surface area (Å²) in [6.07, 6.45) is 10.2. The first kappa shape index (κ1) is 28.0. The van der Waals surface area contributed by atoms with Crippen molar-refractivity contribution in [2.75, 3.05) is 11.9 Å². The minimum absolute atomic E-state index is 0. The van der Waals surface area contributed by atoms with E-state index >= 15 is 0 Å². The van der Waals surface area contributed by atoms with Gasteiger partial charge in [0, 0.05) is 33.8 Å². The fraction of sp³-hybridized carbons (Fsp3) is 0.480. The van der Waals surface area contributed by atoms with Crippen LogP contribution in [0, 0.1) is 13.3 Å². The molecule has 9 heteroatoms. The second kappa shape index (κ2) is 12.1. The Kier molecular flexibility index (Phi) is 9.99. The molecular formula is C25H33CsN6OS. The zero-order chi connectivity index (χ0) is 22.1. The number of benzene rings is 1. The van der Waals surface area contributed by atoms with Crippen LogP contribution >= 0.6 is 11.8 Å². The van der Waals surface area contributed by atoms with Gasteiger partial charge < -0.3 is 17.5 Å². The monoisotopic (exact) mass is 598 g/mol. The first-order valence-electron chi connectivity index (χ1n) is 11.4. The molecule has 2 aromatic heterocycles. The summed E-state index contributed by atoms with van der Waals surface area (Å²) in [5.41, 5.74) is 2.35. The van der Waals surface area contributed by atoms with Crippen LogP contribution in [-0.2, 0) is 5.54 Å². The van der Waals surface area contributed by atoms with E-state index in [4.69, 9.17) is 4.74 Å². The van der Waals surface area contributed by atoms with Crippen LogP contribution in [0.2, 0.25) is 0 Å². The smallest absolute Gasteiger partial charge is 0.463 e. The third kappa shape index (κ3) is 6.80. The Labute approximate surface area is 266 Å². The molecule has 0 aliphatic heterocycles. The number of rotatable bonds is 9. The Hall–Kier alpha value is -0.558. The molecule has 34 heavy (non-hydrogen) atoms. The molecule has 0 atom stereocenters. The number of thioether (sulfide) groups is 1. The maximum absolute atomic E-state index is 5.99. The van der Waals surface area contributed by atoms with Crippen molar-refractivity contribution in [2.24, 2.45) is 5.92 Å². The van der Waals surface area contributed by atoms with Gasteiger partial charge >= 0.3 is 74.9 Å². The van der Waals surface area contributed by atoms with Gasteiger partial charge in [-0.25, -0.2) is 9.97 Å². The maximum atomic E-state index is 5.99. The number of nitrogens with one attached hydrogen (secondary N) is 1. The number of nitrogens with zero attached hydrogens (tertiary/aromatic N) is 5. The van der Waals surface area contributed by atoms with Gasteiger partial charge in [0.15, 0.2) is 0 Å². The molecule has 3 aromatic rings. The van der Waals surface area contributed by atoms with Gasteiger partial charge in [-0.05, 0) is 74.3 Å². The summed E-state index contributed by atoms with van der Waals surface area (Å²) in [7, 11) is 0. The quantitative estimate of drug-likeness (QED) is 0.300. The predicted molar refractivity (Wildman–Crippen MR) is 133 cm³/mol. The van der Waals surface area contributed by atoms with E-state index in [0.29, 0.717) is 35.7 Å². The van der Waals surface area contributed by atoms with E-state index in [9.17, 15) is 0 Å². The molecule has 1 aromatic carbocycles. The first-order chi connectivity index (χ1) is 15.5. The Morgan fingerprint density at radius 2 is 1.82 bits per heavy atom. The Balaban J connectivity index is 0.00000162. The fourth-order valence-corrected chi connectivity index (χ4v) is 4.92. The van der Waals surface area contributed by atoms with Gasteiger partial charge in [-0.15, -0.1) is 16.9 Å². The van der Waals surface area contributed by atoms with E-state index in [1.54, 1.807) is 6.33 Å². The summed E-state index contributed by atoms with van der Waals surface area (Å²) in [6, 6.07) is 9.06. The van der Waals surface area contributed by atoms with Gasteiger partial charge in [-0.3, -0.25) is 4.57 Å². The molecule has 0 bridgehead atoms. The molecule has 1 N–H and O–H groups in total. The molecule has 0 spiro atoms. The second-order valence-corrected chi connectivity index (χ2v) is 11.1. The van der Waals surface area contributed by atoms with Gasteiger partial charge in [0.1, 0.15) is 6.33 Å². The Morgan fingerprint density at radius 3 is 2.44 bits per heavy atom. The van der Waals surface area contributed by atoms with Crippen molar-refractivity contribution in [1.82, 2.24) is 24.7 Å². The summed E-state index contributed by atoms with van der Waals surface area (Å²) >= 11 is 1.86. The molecule has 2 fully saturated rings. The van der Waals surface area contributed by atoms with E-state index in [2.05, 4.69) is 75.1 Å². The van der Waals surface area contributed by atoms with Crippen LogP contribution in [0.3, 0.4) is 0 Å². The maximum Gasteiger partial charge on any atom is 1.00 e. The molecule has 2 heterocycles. The molecular weight excluding hydrogens is 565 g/mol. The van der Waals surface area contributed by atoms with E-state index < -0.39 is 0 Å². The van der Waals surface area contributed by atoms with Crippen molar-refractivity contribution in [3.05, 3.63) is 56.0 Å². The van der Waals surface area contributed by atoms with E-state index in [1.807, 2.05) is 24.2 Å². The molecule has 2 aliphatic carbocycles. The third-order valence-corrected chi connectivity index (χ3v) is 7.40. The average molecular weight is 599 g/mol. The van der Waals surface area contributed by atoms with Crippen molar-refractivity contribution >= 4 is 23.4 Å². The molecule has 0 saturated heterocycles. The van der Waals surface area contributed by atoms with Gasteiger partial charge in [0.2, 0.25) is 5.95 Å². The van der Waals surface area contributed by atoms with Gasteiger partial charge in [-0.2, -0.15) is 0 Å². The minimum atomic E-state index is 0. The summed E-state index contributed by atoms with van der Waals surface area (Å²) in [6.45, 7) is 7.32. The van der Waals surface area contributed by atoms with Crippen LogP contribution in [0.4, 0.5) is 11.6 Å². The van der Waals surface area contributed by atoms with Crippen LogP contribution in [0.1, 0.15) is 57.9 Å². The first-order valence-corrected chi connectivity index (χ1v) is 12.3. The zero-order valence-corrected chi connectivity index (χ0v) is 28.0. The SMILES string of the molecule is CC(C)Sc1ccc(Nc2ncc(C3CC(COc4nncn4C4(C)CC4)C3)cn2)cc1.[CH3-].[Cs+]. The number of hydrogen-bond donors (Lipinski definition) is 1. The third-order valence-electron chi connectivity index (χ3n) is 6.38. The number of aromatic nitrogens is 5. The van der Waals surface area contributed by atoms with Gasteiger partial charge in [-0.1, -0.05) is 18.9 Å². The molecule has 5 rings (SSSR count). The van der Waals surface area contributed by atoms with E-state index in [0.717, 1.165) is 18.5 Å². The van der Waals surface area contributed by atoms with Crippen LogP contribution in [0.25, 0.3) is 0 Å². The van der Waals surface area contributed by atoms with Crippen LogP contribution in [0.5, 0.6) is 6.01 Å². The topological polar surface area (TPSA) is 77.8 Å². The largest absolute Gasteiger partial charge is 1.00 e. The van der Waals surface area contributed by atoms with Crippen LogP contribution in [0.15, 0.2) is 47.9 Å². The van der Waals surface area contributed by atoms with E-state index in [-0.39, 0.29) is 81.9 Å². The molecule has 2 aliphatic rings. The van der Waals surface area contributed by atoms with Crippen molar-refractivity contribution in [1.29, 1.82) is 0 Å². The average Bonchev–Trinajstić information content (AvgIpc) is 3.30. The summed E-state index contributed by atoms with van der Waals surface area (Å²) in [5, 5.41) is 12.0. The minimum Gasteiger partial charge on any atom is -0.463 e. The molecule has 2 saturated carbocycles. The Morgan fingerprint density at radius 1 is 1.15 bits per heavy atom. The number of ether oxygens (including phenoxy) is 1. The molecule has 0 radical (unpaired) electrons. The summed E-state index contributed by atoms with van der Waals surface area (Å²) in [4.78, 5) is 10.3. The van der Waals surface area contributed by atoms with Crippen molar-refractivity contribution in [2.45, 2.75) is 68.1 Å². The number of anilines is 2. The van der Waals surface area contributed by atoms with Gasteiger partial charge in [0.05, 0.1) is 6.61 Å². The molecule has 0 amide bonds. The van der Waals surface area contributed by atoms with Crippen molar-refractivity contribution < 1.29 is 73.6 Å². The van der Waals surface area contributed by atoms with Crippen LogP contribution in [-0.4, -0.2) is 36.6 Å². The fourth-order valence-electron chi connectivity index (χ4n) is 4.08. The summed E-state index contributed by atoms with van der Waals surface area (Å²) < 4.78 is 8.08. The zero-order valence-electron chi connectivity index (χ0n) is 20.9. The normalized spacial score (nSPS) is 20.0. The predicted octanol–water partition coefficient (Wildman–Crippen LogP) is 2.85. The van der Waals surface area contributed by atoms with Gasteiger partial charge in [0.25, 0.3) is 0 Å². The van der Waals surface area contributed by atoms with Crippen molar-refractivity contribution in [3.63, 3.8) is 0 Å².